The van der Waals surface area contributed by atoms with Gasteiger partial charge in [0.2, 0.25) is 0 Å². The van der Waals surface area contributed by atoms with Gasteiger partial charge in [0.05, 0.1) is 23.6 Å². The third kappa shape index (κ3) is 6.48. The Morgan fingerprint density at radius 1 is 1.00 bits per heavy atom. The SMILES string of the molecule is CCOC(=O)Cc1ccc(Oc2ccc(NC(=O)c3ccc(C(F)(F)F)c(F)c3)cc2)c(Cl)c1. The molecule has 0 heterocycles. The summed E-state index contributed by atoms with van der Waals surface area (Å²) in [4.78, 5) is 23.8. The van der Waals surface area contributed by atoms with Crippen LogP contribution in [0.15, 0.2) is 60.7 Å². The maximum absolute atomic E-state index is 13.7. The van der Waals surface area contributed by atoms with Gasteiger partial charge in [-0.3, -0.25) is 9.59 Å². The second-order valence-corrected chi connectivity index (χ2v) is 7.43. The summed E-state index contributed by atoms with van der Waals surface area (Å²) in [7, 11) is 0. The van der Waals surface area contributed by atoms with Gasteiger partial charge in [0.15, 0.2) is 0 Å². The summed E-state index contributed by atoms with van der Waals surface area (Å²) < 4.78 is 62.3. The van der Waals surface area contributed by atoms with Crippen molar-refractivity contribution in [2.24, 2.45) is 0 Å². The molecule has 3 rings (SSSR count). The molecule has 0 radical (unpaired) electrons. The van der Waals surface area contributed by atoms with Crippen LogP contribution in [0, 0.1) is 5.82 Å². The highest BCUT2D eigenvalue weighted by Crippen LogP contribution is 2.32. The van der Waals surface area contributed by atoms with E-state index in [2.05, 4.69) is 5.32 Å². The highest BCUT2D eigenvalue weighted by molar-refractivity contribution is 6.32. The molecule has 10 heteroatoms. The quantitative estimate of drug-likeness (QED) is 0.294. The third-order valence-corrected chi connectivity index (χ3v) is 4.82. The van der Waals surface area contributed by atoms with Crippen LogP contribution in [0.4, 0.5) is 23.2 Å². The molecule has 5 nitrogen and oxygen atoms in total. The van der Waals surface area contributed by atoms with Gasteiger partial charge in [0.1, 0.15) is 17.3 Å². The molecule has 0 unspecified atom stereocenters. The summed E-state index contributed by atoms with van der Waals surface area (Å²) in [5.41, 5.74) is -0.735. The predicted octanol–water partition coefficient (Wildman–Crippen LogP) is 6.65. The monoisotopic (exact) mass is 495 g/mol. The minimum Gasteiger partial charge on any atom is -0.466 e. The number of hydrogen-bond acceptors (Lipinski definition) is 4. The average molecular weight is 496 g/mol. The van der Waals surface area contributed by atoms with Gasteiger partial charge >= 0.3 is 12.1 Å². The third-order valence-electron chi connectivity index (χ3n) is 4.53. The van der Waals surface area contributed by atoms with Crippen molar-refractivity contribution in [3.8, 4) is 11.5 Å². The molecule has 0 saturated carbocycles. The lowest BCUT2D eigenvalue weighted by Crippen LogP contribution is -2.14. The highest BCUT2D eigenvalue weighted by Gasteiger charge is 2.34. The van der Waals surface area contributed by atoms with Gasteiger partial charge in [-0.2, -0.15) is 13.2 Å². The predicted molar refractivity (Wildman–Crippen MR) is 118 cm³/mol. The number of rotatable bonds is 7. The number of anilines is 1. The van der Waals surface area contributed by atoms with E-state index in [4.69, 9.17) is 21.1 Å². The second-order valence-electron chi connectivity index (χ2n) is 7.02. The molecule has 0 aromatic heterocycles. The summed E-state index contributed by atoms with van der Waals surface area (Å²) in [5.74, 6) is -1.95. The molecular weight excluding hydrogens is 478 g/mol. The first-order valence-electron chi connectivity index (χ1n) is 9.97. The van der Waals surface area contributed by atoms with E-state index in [1.165, 1.54) is 24.3 Å². The van der Waals surface area contributed by atoms with Gasteiger partial charge in [0.25, 0.3) is 5.91 Å². The molecule has 0 fully saturated rings. The Morgan fingerprint density at radius 2 is 1.71 bits per heavy atom. The topological polar surface area (TPSA) is 64.6 Å². The van der Waals surface area contributed by atoms with Crippen LogP contribution < -0.4 is 10.1 Å². The lowest BCUT2D eigenvalue weighted by atomic mass is 10.1. The Balaban J connectivity index is 1.64. The zero-order chi connectivity index (χ0) is 24.9. The number of nitrogens with one attached hydrogen (secondary N) is 1. The summed E-state index contributed by atoms with van der Waals surface area (Å²) in [6.07, 6.45) is -4.77. The number of ether oxygens (including phenoxy) is 2. The van der Waals surface area contributed by atoms with Crippen LogP contribution in [0.1, 0.15) is 28.4 Å². The van der Waals surface area contributed by atoms with E-state index in [1.807, 2.05) is 0 Å². The lowest BCUT2D eigenvalue weighted by molar-refractivity contribution is -0.142. The van der Waals surface area contributed by atoms with Crippen LogP contribution in [-0.4, -0.2) is 18.5 Å². The van der Waals surface area contributed by atoms with Crippen molar-refractivity contribution in [2.45, 2.75) is 19.5 Å². The number of hydrogen-bond donors (Lipinski definition) is 1. The van der Waals surface area contributed by atoms with Crippen molar-refractivity contribution < 1.29 is 36.6 Å². The summed E-state index contributed by atoms with van der Waals surface area (Å²) in [5, 5.41) is 2.75. The van der Waals surface area contributed by atoms with E-state index in [9.17, 15) is 27.2 Å². The Bertz CT molecular complexity index is 1200. The van der Waals surface area contributed by atoms with Gasteiger partial charge in [-0.1, -0.05) is 17.7 Å². The highest BCUT2D eigenvalue weighted by atomic mass is 35.5. The fourth-order valence-electron chi connectivity index (χ4n) is 2.94. The minimum absolute atomic E-state index is 0.0745. The van der Waals surface area contributed by atoms with Crippen molar-refractivity contribution in [1.82, 2.24) is 0 Å². The molecule has 1 N–H and O–H groups in total. The molecule has 3 aromatic carbocycles. The molecule has 0 spiro atoms. The molecule has 0 aliphatic rings. The molecule has 178 valence electrons. The molecule has 0 aliphatic heterocycles. The molecule has 34 heavy (non-hydrogen) atoms. The normalized spacial score (nSPS) is 11.1. The van der Waals surface area contributed by atoms with Gasteiger partial charge in [0, 0.05) is 11.3 Å². The molecular formula is C24H18ClF4NO4. The first kappa shape index (κ1) is 25.0. The first-order valence-corrected chi connectivity index (χ1v) is 10.3. The second kappa shape index (κ2) is 10.6. The number of alkyl halides is 3. The maximum atomic E-state index is 13.7. The van der Waals surface area contributed by atoms with Gasteiger partial charge in [-0.05, 0) is 67.1 Å². The number of carbonyl (C=O) groups is 2. The van der Waals surface area contributed by atoms with E-state index in [0.717, 1.165) is 6.07 Å². The zero-order valence-corrected chi connectivity index (χ0v) is 18.5. The molecule has 0 atom stereocenters. The van der Waals surface area contributed by atoms with E-state index in [1.54, 1.807) is 25.1 Å². The maximum Gasteiger partial charge on any atom is 0.419 e. The summed E-state index contributed by atoms with van der Waals surface area (Å²) in [6, 6.07) is 12.9. The van der Waals surface area contributed by atoms with Crippen molar-refractivity contribution in [1.29, 1.82) is 0 Å². The Morgan fingerprint density at radius 3 is 2.29 bits per heavy atom. The number of amides is 1. The fraction of sp³-hybridized carbons (Fsp3) is 0.167. The summed E-state index contributed by atoms with van der Waals surface area (Å²) >= 11 is 6.22. The molecule has 3 aromatic rings. The average Bonchev–Trinajstić information content (AvgIpc) is 2.76. The van der Waals surface area contributed by atoms with Crippen LogP contribution >= 0.6 is 11.6 Å². The zero-order valence-electron chi connectivity index (χ0n) is 17.7. The van der Waals surface area contributed by atoms with E-state index in [-0.39, 0.29) is 29.6 Å². The fourth-order valence-corrected chi connectivity index (χ4v) is 3.18. The van der Waals surface area contributed by atoms with E-state index >= 15 is 0 Å². The number of benzene rings is 3. The number of halogens is 5. The van der Waals surface area contributed by atoms with Gasteiger partial charge in [-0.25, -0.2) is 4.39 Å². The van der Waals surface area contributed by atoms with Gasteiger partial charge in [-0.15, -0.1) is 0 Å². The smallest absolute Gasteiger partial charge is 0.419 e. The van der Waals surface area contributed by atoms with Crippen LogP contribution in [-0.2, 0) is 22.1 Å². The molecule has 0 aliphatic carbocycles. The van der Waals surface area contributed by atoms with E-state index in [0.29, 0.717) is 34.9 Å². The number of esters is 1. The number of carbonyl (C=O) groups excluding carboxylic acids is 2. The summed E-state index contributed by atoms with van der Waals surface area (Å²) in [6.45, 7) is 2.00. The first-order chi connectivity index (χ1) is 16.1. The Hall–Kier alpha value is -3.59. The Kier molecular flexibility index (Phi) is 7.78. The van der Waals surface area contributed by atoms with Crippen LogP contribution in [0.5, 0.6) is 11.5 Å². The van der Waals surface area contributed by atoms with Crippen molar-refractivity contribution >= 4 is 29.2 Å². The van der Waals surface area contributed by atoms with E-state index < -0.39 is 23.5 Å². The van der Waals surface area contributed by atoms with Crippen LogP contribution in [0.25, 0.3) is 0 Å². The molecule has 0 bridgehead atoms. The van der Waals surface area contributed by atoms with Crippen LogP contribution in [0.2, 0.25) is 5.02 Å². The minimum atomic E-state index is -4.85. The molecule has 1 amide bonds. The lowest BCUT2D eigenvalue weighted by Gasteiger charge is -2.11. The largest absolute Gasteiger partial charge is 0.466 e. The van der Waals surface area contributed by atoms with Gasteiger partial charge < -0.3 is 14.8 Å². The Labute approximate surface area is 197 Å². The van der Waals surface area contributed by atoms with Crippen molar-refractivity contribution in [3.05, 3.63) is 88.2 Å². The standard InChI is InChI=1S/C24H18ClF4NO4/c1-2-33-22(31)12-14-3-10-21(19(25)11-14)34-17-7-5-16(6-8-17)30-23(32)15-4-9-18(20(26)13-15)24(27,28)29/h3-11,13H,2,12H2,1H3,(H,30,32). The van der Waals surface area contributed by atoms with Crippen molar-refractivity contribution in [2.75, 3.05) is 11.9 Å². The molecule has 0 saturated heterocycles. The van der Waals surface area contributed by atoms with Crippen molar-refractivity contribution in [3.63, 3.8) is 0 Å². The van der Waals surface area contributed by atoms with Crippen LogP contribution in [0.3, 0.4) is 0 Å².